The van der Waals surface area contributed by atoms with Gasteiger partial charge in [-0.3, -0.25) is 4.79 Å². The average Bonchev–Trinajstić information content (AvgIpc) is 2.40. The minimum Gasteiger partial charge on any atom is -0.460 e. The van der Waals surface area contributed by atoms with Crippen molar-refractivity contribution in [2.24, 2.45) is 5.41 Å². The van der Waals surface area contributed by atoms with Crippen molar-refractivity contribution >= 4 is 12.3 Å². The molecule has 0 N–H and O–H groups in total. The summed E-state index contributed by atoms with van der Waals surface area (Å²) < 4.78 is 5.20. The number of carbonyl (C=O) groups is 2. The fraction of sp³-hybridized carbons (Fsp3) is 0.429. The molecule has 0 aliphatic heterocycles. The maximum absolute atomic E-state index is 11.9. The van der Waals surface area contributed by atoms with Crippen molar-refractivity contribution in [3.63, 3.8) is 0 Å². The first-order valence-electron chi connectivity index (χ1n) is 5.86. The van der Waals surface area contributed by atoms with Gasteiger partial charge < -0.3 is 9.53 Å². The van der Waals surface area contributed by atoms with E-state index in [-0.39, 0.29) is 6.61 Å². The standard InChI is InChI=1S/C14H18O3/c1-3-14(4-2,11-15)13(16)17-10-12-8-6-5-7-9-12/h5-9,11H,3-4,10H2,1-2H3. The van der Waals surface area contributed by atoms with Crippen LogP contribution in [0.15, 0.2) is 30.3 Å². The number of esters is 1. The van der Waals surface area contributed by atoms with Gasteiger partial charge in [-0.15, -0.1) is 0 Å². The summed E-state index contributed by atoms with van der Waals surface area (Å²) >= 11 is 0. The van der Waals surface area contributed by atoms with Crippen molar-refractivity contribution in [3.8, 4) is 0 Å². The monoisotopic (exact) mass is 234 g/mol. The second kappa shape index (κ2) is 6.18. The Morgan fingerprint density at radius 1 is 1.24 bits per heavy atom. The number of benzene rings is 1. The predicted octanol–water partition coefficient (Wildman–Crippen LogP) is 2.74. The van der Waals surface area contributed by atoms with Crippen LogP contribution in [0.5, 0.6) is 0 Å². The minimum absolute atomic E-state index is 0.218. The van der Waals surface area contributed by atoms with Crippen LogP contribution in [0.1, 0.15) is 32.3 Å². The highest BCUT2D eigenvalue weighted by molar-refractivity contribution is 5.93. The molecule has 1 rings (SSSR count). The molecule has 0 radical (unpaired) electrons. The van der Waals surface area contributed by atoms with Crippen LogP contribution >= 0.6 is 0 Å². The van der Waals surface area contributed by atoms with E-state index in [1.165, 1.54) is 0 Å². The summed E-state index contributed by atoms with van der Waals surface area (Å²) in [4.78, 5) is 22.9. The molecule has 92 valence electrons. The van der Waals surface area contributed by atoms with Crippen molar-refractivity contribution in [2.45, 2.75) is 33.3 Å². The van der Waals surface area contributed by atoms with E-state index in [2.05, 4.69) is 0 Å². The molecule has 0 unspecified atom stereocenters. The van der Waals surface area contributed by atoms with E-state index in [0.29, 0.717) is 19.1 Å². The molecule has 3 nitrogen and oxygen atoms in total. The van der Waals surface area contributed by atoms with Gasteiger partial charge in [0.25, 0.3) is 0 Å². The van der Waals surface area contributed by atoms with Crippen molar-refractivity contribution in [2.75, 3.05) is 0 Å². The molecule has 1 aromatic carbocycles. The number of hydrogen-bond acceptors (Lipinski definition) is 3. The Balaban J connectivity index is 2.63. The third kappa shape index (κ3) is 3.16. The molecule has 0 heterocycles. The van der Waals surface area contributed by atoms with Crippen molar-refractivity contribution in [3.05, 3.63) is 35.9 Å². The zero-order valence-electron chi connectivity index (χ0n) is 10.3. The highest BCUT2D eigenvalue weighted by Crippen LogP contribution is 2.25. The van der Waals surface area contributed by atoms with E-state index in [1.807, 2.05) is 44.2 Å². The van der Waals surface area contributed by atoms with Gasteiger partial charge in [-0.2, -0.15) is 0 Å². The molecule has 0 fully saturated rings. The quantitative estimate of drug-likeness (QED) is 0.432. The zero-order chi connectivity index (χ0) is 12.7. The summed E-state index contributed by atoms with van der Waals surface area (Å²) in [6.07, 6.45) is 1.65. The molecule has 0 bridgehead atoms. The van der Waals surface area contributed by atoms with Crippen LogP contribution in [0.2, 0.25) is 0 Å². The molecule has 0 aromatic heterocycles. The zero-order valence-corrected chi connectivity index (χ0v) is 10.3. The predicted molar refractivity (Wildman–Crippen MR) is 65.3 cm³/mol. The third-order valence-electron chi connectivity index (χ3n) is 3.11. The molecule has 17 heavy (non-hydrogen) atoms. The van der Waals surface area contributed by atoms with E-state index >= 15 is 0 Å². The van der Waals surface area contributed by atoms with Gasteiger partial charge in [-0.1, -0.05) is 44.2 Å². The van der Waals surface area contributed by atoms with Gasteiger partial charge in [-0.25, -0.2) is 0 Å². The maximum Gasteiger partial charge on any atom is 0.319 e. The van der Waals surface area contributed by atoms with Gasteiger partial charge in [0.2, 0.25) is 0 Å². The van der Waals surface area contributed by atoms with E-state index in [4.69, 9.17) is 4.74 Å². The Morgan fingerprint density at radius 2 is 1.82 bits per heavy atom. The molecular weight excluding hydrogens is 216 g/mol. The van der Waals surface area contributed by atoms with Crippen LogP contribution in [0.25, 0.3) is 0 Å². The molecule has 3 heteroatoms. The molecule has 0 saturated carbocycles. The first kappa shape index (κ1) is 13.4. The lowest BCUT2D eigenvalue weighted by Gasteiger charge is -2.22. The fourth-order valence-electron chi connectivity index (χ4n) is 1.62. The number of rotatable bonds is 6. The Bertz CT molecular complexity index is 366. The van der Waals surface area contributed by atoms with E-state index in [0.717, 1.165) is 5.56 Å². The lowest BCUT2D eigenvalue weighted by molar-refractivity contribution is -0.159. The van der Waals surface area contributed by atoms with Crippen LogP contribution < -0.4 is 0 Å². The normalized spacial score (nSPS) is 10.9. The smallest absolute Gasteiger partial charge is 0.319 e. The van der Waals surface area contributed by atoms with Crippen LogP contribution in [0.3, 0.4) is 0 Å². The Kier molecular flexibility index (Phi) is 4.88. The summed E-state index contributed by atoms with van der Waals surface area (Å²) in [6, 6.07) is 9.44. The summed E-state index contributed by atoms with van der Waals surface area (Å²) in [5.41, 5.74) is -0.0535. The molecule has 0 spiro atoms. The van der Waals surface area contributed by atoms with Crippen LogP contribution in [-0.2, 0) is 20.9 Å². The Labute approximate surface area is 102 Å². The van der Waals surface area contributed by atoms with Gasteiger partial charge >= 0.3 is 5.97 Å². The number of aldehydes is 1. The first-order chi connectivity index (χ1) is 8.18. The molecule has 0 amide bonds. The highest BCUT2D eigenvalue weighted by Gasteiger charge is 2.36. The van der Waals surface area contributed by atoms with E-state index < -0.39 is 11.4 Å². The van der Waals surface area contributed by atoms with Crippen molar-refractivity contribution in [1.82, 2.24) is 0 Å². The van der Waals surface area contributed by atoms with E-state index in [1.54, 1.807) is 0 Å². The SMILES string of the molecule is CCC(C=O)(CC)C(=O)OCc1ccccc1. The number of carbonyl (C=O) groups excluding carboxylic acids is 2. The summed E-state index contributed by atoms with van der Waals surface area (Å²) in [6.45, 7) is 3.86. The summed E-state index contributed by atoms with van der Waals surface area (Å²) in [7, 11) is 0. The Morgan fingerprint density at radius 3 is 2.29 bits per heavy atom. The lowest BCUT2D eigenvalue weighted by Crippen LogP contribution is -2.33. The van der Waals surface area contributed by atoms with Gasteiger partial charge in [-0.05, 0) is 18.4 Å². The molecule has 0 atom stereocenters. The van der Waals surface area contributed by atoms with Crippen LogP contribution in [0.4, 0.5) is 0 Å². The molecule has 0 aliphatic carbocycles. The van der Waals surface area contributed by atoms with Gasteiger partial charge in [0.05, 0.1) is 0 Å². The lowest BCUT2D eigenvalue weighted by atomic mass is 9.84. The fourth-order valence-corrected chi connectivity index (χ4v) is 1.62. The average molecular weight is 234 g/mol. The molecule has 1 aromatic rings. The van der Waals surface area contributed by atoms with Crippen molar-refractivity contribution < 1.29 is 14.3 Å². The second-order valence-electron chi connectivity index (χ2n) is 4.04. The number of ether oxygens (including phenoxy) is 1. The Hall–Kier alpha value is -1.64. The maximum atomic E-state index is 11.9. The summed E-state index contributed by atoms with van der Waals surface area (Å²) in [5.74, 6) is -0.429. The highest BCUT2D eigenvalue weighted by atomic mass is 16.5. The van der Waals surface area contributed by atoms with Crippen LogP contribution in [-0.4, -0.2) is 12.3 Å². The second-order valence-corrected chi connectivity index (χ2v) is 4.04. The third-order valence-corrected chi connectivity index (χ3v) is 3.11. The molecule has 0 aliphatic rings. The largest absolute Gasteiger partial charge is 0.460 e. The minimum atomic E-state index is -0.977. The van der Waals surface area contributed by atoms with Gasteiger partial charge in [0, 0.05) is 0 Å². The van der Waals surface area contributed by atoms with E-state index in [9.17, 15) is 9.59 Å². The van der Waals surface area contributed by atoms with Crippen molar-refractivity contribution in [1.29, 1.82) is 0 Å². The molecular formula is C14H18O3. The topological polar surface area (TPSA) is 43.4 Å². The van der Waals surface area contributed by atoms with Gasteiger partial charge in [0.15, 0.2) is 0 Å². The van der Waals surface area contributed by atoms with Crippen LogP contribution in [0, 0.1) is 5.41 Å². The van der Waals surface area contributed by atoms with Gasteiger partial charge in [0.1, 0.15) is 18.3 Å². The first-order valence-corrected chi connectivity index (χ1v) is 5.86. The number of hydrogen-bond donors (Lipinski definition) is 0. The summed E-state index contributed by atoms with van der Waals surface area (Å²) in [5, 5.41) is 0. The molecule has 0 saturated heterocycles.